The molecule has 0 bridgehead atoms. The zero-order valence-corrected chi connectivity index (χ0v) is 18.5. The Balaban J connectivity index is 1.60. The Bertz CT molecular complexity index is 1050. The molecule has 1 amide bonds. The highest BCUT2D eigenvalue weighted by Crippen LogP contribution is 2.33. The molecule has 7 heteroatoms. The van der Waals surface area contributed by atoms with E-state index in [9.17, 15) is 4.79 Å². The number of aromatic nitrogens is 1. The topological polar surface area (TPSA) is 45.7 Å². The highest BCUT2D eigenvalue weighted by atomic mass is 35.5. The van der Waals surface area contributed by atoms with Crippen LogP contribution in [0.3, 0.4) is 0 Å². The molecule has 156 valence electrons. The summed E-state index contributed by atoms with van der Waals surface area (Å²) in [6.45, 7) is 6.59. The predicted octanol–water partition coefficient (Wildman–Crippen LogP) is 4.64. The van der Waals surface area contributed by atoms with Crippen LogP contribution in [0.4, 0.5) is 5.13 Å². The molecule has 1 aliphatic heterocycles. The Morgan fingerprint density at radius 3 is 2.80 bits per heavy atom. The van der Waals surface area contributed by atoms with Crippen molar-refractivity contribution >= 4 is 50.3 Å². The van der Waals surface area contributed by atoms with E-state index in [4.69, 9.17) is 21.3 Å². The number of morpholine rings is 1. The van der Waals surface area contributed by atoms with Gasteiger partial charge in [-0.1, -0.05) is 53.3 Å². The van der Waals surface area contributed by atoms with Crippen LogP contribution in [0.2, 0.25) is 5.02 Å². The van der Waals surface area contributed by atoms with Crippen molar-refractivity contribution in [3.63, 3.8) is 0 Å². The number of nitrogens with zero attached hydrogens (tertiary/aromatic N) is 3. The summed E-state index contributed by atoms with van der Waals surface area (Å²) in [5.74, 6) is -0.0741. The number of rotatable bonds is 6. The molecule has 0 unspecified atom stereocenters. The minimum atomic E-state index is -0.0741. The molecule has 0 N–H and O–H groups in total. The number of amides is 1. The molecular formula is C23H24ClN3O2S. The van der Waals surface area contributed by atoms with E-state index in [1.807, 2.05) is 55.5 Å². The monoisotopic (exact) mass is 441 g/mol. The smallest absolute Gasteiger partial charge is 0.252 e. The summed E-state index contributed by atoms with van der Waals surface area (Å²) in [6.07, 6.45) is 3.47. The number of hydrogen-bond acceptors (Lipinski definition) is 5. The largest absolute Gasteiger partial charge is 0.379 e. The number of halogens is 1. The van der Waals surface area contributed by atoms with Crippen LogP contribution in [-0.2, 0) is 9.53 Å². The van der Waals surface area contributed by atoms with Gasteiger partial charge in [0.25, 0.3) is 5.91 Å². The first-order valence-corrected chi connectivity index (χ1v) is 11.2. The molecule has 3 aromatic rings. The van der Waals surface area contributed by atoms with Crippen molar-refractivity contribution in [2.45, 2.75) is 6.92 Å². The summed E-state index contributed by atoms with van der Waals surface area (Å²) in [5, 5.41) is 1.39. The second-order valence-corrected chi connectivity index (χ2v) is 8.70. The third-order valence-corrected chi connectivity index (χ3v) is 6.34. The zero-order chi connectivity index (χ0) is 20.9. The second kappa shape index (κ2) is 9.71. The summed E-state index contributed by atoms with van der Waals surface area (Å²) in [4.78, 5) is 22.0. The van der Waals surface area contributed by atoms with Crippen molar-refractivity contribution in [1.29, 1.82) is 0 Å². The van der Waals surface area contributed by atoms with E-state index in [2.05, 4.69) is 4.90 Å². The van der Waals surface area contributed by atoms with Crippen LogP contribution in [-0.4, -0.2) is 55.2 Å². The molecule has 0 radical (unpaired) electrons. The molecule has 1 saturated heterocycles. The summed E-state index contributed by atoms with van der Waals surface area (Å²) in [5.41, 5.74) is 2.90. The molecule has 1 fully saturated rings. The average Bonchev–Trinajstić information content (AvgIpc) is 3.18. The van der Waals surface area contributed by atoms with E-state index in [1.54, 1.807) is 11.0 Å². The van der Waals surface area contributed by atoms with Crippen molar-refractivity contribution in [3.8, 4) is 0 Å². The van der Waals surface area contributed by atoms with E-state index in [0.29, 0.717) is 16.7 Å². The Morgan fingerprint density at radius 2 is 2.03 bits per heavy atom. The summed E-state index contributed by atoms with van der Waals surface area (Å²) >= 11 is 7.73. The number of benzene rings is 2. The van der Waals surface area contributed by atoms with Crippen molar-refractivity contribution in [2.24, 2.45) is 0 Å². The van der Waals surface area contributed by atoms with E-state index >= 15 is 0 Å². The van der Waals surface area contributed by atoms with E-state index in [-0.39, 0.29) is 5.91 Å². The molecule has 30 heavy (non-hydrogen) atoms. The Hall–Kier alpha value is -2.25. The standard InChI is InChI=1S/C23H24ClN3O2S/c1-17-15-19(24)16-20-22(17)25-23(30-20)27(10-9-26-11-13-29-14-12-26)21(28)8-7-18-5-3-2-4-6-18/h2-8,15-16H,9-14H2,1H3. The summed E-state index contributed by atoms with van der Waals surface area (Å²) in [6, 6.07) is 13.6. The lowest BCUT2D eigenvalue weighted by Gasteiger charge is -2.28. The maximum Gasteiger partial charge on any atom is 0.252 e. The zero-order valence-electron chi connectivity index (χ0n) is 16.9. The number of hydrogen-bond donors (Lipinski definition) is 0. The Labute approximate surface area is 185 Å². The first-order chi connectivity index (χ1) is 14.6. The molecule has 0 saturated carbocycles. The van der Waals surface area contributed by atoms with Gasteiger partial charge in [-0.2, -0.15) is 0 Å². The molecule has 4 rings (SSSR count). The molecule has 2 heterocycles. The van der Waals surface area contributed by atoms with Gasteiger partial charge in [-0.3, -0.25) is 14.6 Å². The van der Waals surface area contributed by atoms with Gasteiger partial charge in [0.05, 0.1) is 23.4 Å². The Kier molecular flexibility index (Phi) is 6.79. The molecule has 0 atom stereocenters. The van der Waals surface area contributed by atoms with Crippen molar-refractivity contribution < 1.29 is 9.53 Å². The lowest BCUT2D eigenvalue weighted by molar-refractivity contribution is -0.114. The number of thiazole rings is 1. The normalized spacial score (nSPS) is 15.1. The van der Waals surface area contributed by atoms with Crippen LogP contribution >= 0.6 is 22.9 Å². The summed E-state index contributed by atoms with van der Waals surface area (Å²) < 4.78 is 6.43. The van der Waals surface area contributed by atoms with Crippen molar-refractivity contribution in [2.75, 3.05) is 44.3 Å². The van der Waals surface area contributed by atoms with E-state index < -0.39 is 0 Å². The van der Waals surface area contributed by atoms with Crippen molar-refractivity contribution in [1.82, 2.24) is 9.88 Å². The highest BCUT2D eigenvalue weighted by Gasteiger charge is 2.20. The molecule has 5 nitrogen and oxygen atoms in total. The molecule has 0 aliphatic carbocycles. The fraction of sp³-hybridized carbons (Fsp3) is 0.304. The van der Waals surface area contributed by atoms with Crippen LogP contribution in [0, 0.1) is 6.92 Å². The SMILES string of the molecule is Cc1cc(Cl)cc2sc(N(CCN3CCOCC3)C(=O)C=Cc3ccccc3)nc12. The minimum absolute atomic E-state index is 0.0741. The fourth-order valence-corrected chi connectivity index (χ4v) is 4.90. The quantitative estimate of drug-likeness (QED) is 0.523. The maximum absolute atomic E-state index is 13.2. The van der Waals surface area contributed by atoms with Gasteiger partial charge in [-0.25, -0.2) is 4.98 Å². The minimum Gasteiger partial charge on any atom is -0.379 e. The van der Waals surface area contributed by atoms with Crippen LogP contribution in [0.25, 0.3) is 16.3 Å². The lowest BCUT2D eigenvalue weighted by atomic mass is 10.2. The fourth-order valence-electron chi connectivity index (χ4n) is 3.45. The molecular weight excluding hydrogens is 418 g/mol. The van der Waals surface area contributed by atoms with Crippen LogP contribution in [0.15, 0.2) is 48.5 Å². The van der Waals surface area contributed by atoms with Gasteiger partial charge in [0.1, 0.15) is 0 Å². The number of carbonyl (C=O) groups is 1. The molecule has 1 aliphatic rings. The highest BCUT2D eigenvalue weighted by molar-refractivity contribution is 7.22. The number of anilines is 1. The first-order valence-electron chi connectivity index (χ1n) is 10.0. The van der Waals surface area contributed by atoms with Gasteiger partial charge in [-0.15, -0.1) is 0 Å². The van der Waals surface area contributed by atoms with Gasteiger partial charge in [0.2, 0.25) is 0 Å². The van der Waals surface area contributed by atoms with E-state index in [0.717, 1.165) is 54.2 Å². The third kappa shape index (κ3) is 5.08. The number of fused-ring (bicyclic) bond motifs is 1. The lowest BCUT2D eigenvalue weighted by Crippen LogP contribution is -2.42. The molecule has 2 aromatic carbocycles. The Morgan fingerprint density at radius 1 is 1.27 bits per heavy atom. The van der Waals surface area contributed by atoms with Crippen molar-refractivity contribution in [3.05, 3.63) is 64.7 Å². The number of ether oxygens (including phenoxy) is 1. The second-order valence-electron chi connectivity index (χ2n) is 7.25. The predicted molar refractivity (Wildman–Crippen MR) is 124 cm³/mol. The van der Waals surface area contributed by atoms with Gasteiger partial charge >= 0.3 is 0 Å². The van der Waals surface area contributed by atoms with Gasteiger partial charge in [0, 0.05) is 37.3 Å². The molecule has 0 spiro atoms. The van der Waals surface area contributed by atoms with Gasteiger partial charge in [-0.05, 0) is 36.3 Å². The van der Waals surface area contributed by atoms with Crippen LogP contribution in [0.5, 0.6) is 0 Å². The molecule has 1 aromatic heterocycles. The van der Waals surface area contributed by atoms with Gasteiger partial charge in [0.15, 0.2) is 5.13 Å². The number of carbonyl (C=O) groups excluding carboxylic acids is 1. The summed E-state index contributed by atoms with van der Waals surface area (Å²) in [7, 11) is 0. The van der Waals surface area contributed by atoms with Crippen LogP contribution in [0.1, 0.15) is 11.1 Å². The number of aryl methyl sites for hydroxylation is 1. The van der Waals surface area contributed by atoms with Gasteiger partial charge < -0.3 is 4.74 Å². The first kappa shape index (κ1) is 21.0. The van der Waals surface area contributed by atoms with E-state index in [1.165, 1.54) is 11.3 Å². The van der Waals surface area contributed by atoms with Crippen LogP contribution < -0.4 is 4.90 Å². The third-order valence-electron chi connectivity index (χ3n) is 5.10. The average molecular weight is 442 g/mol. The maximum atomic E-state index is 13.2.